The first kappa shape index (κ1) is 34.3. The van der Waals surface area contributed by atoms with Crippen molar-refractivity contribution in [1.29, 1.82) is 0 Å². The van der Waals surface area contributed by atoms with E-state index in [4.69, 9.17) is 0 Å². The Morgan fingerprint density at radius 3 is 1.94 bits per heavy atom. The van der Waals surface area contributed by atoms with Crippen LogP contribution in [-0.2, 0) is 35.1 Å². The summed E-state index contributed by atoms with van der Waals surface area (Å²) in [7, 11) is -15.2. The lowest BCUT2D eigenvalue weighted by Crippen LogP contribution is -2.24. The number of carbonyl (C=O) groups is 3. The topological polar surface area (TPSA) is 271 Å². The fourth-order valence-corrected chi connectivity index (χ4v) is 7.62. The predicted molar refractivity (Wildman–Crippen MR) is 177 cm³/mol. The average Bonchev–Trinajstić information content (AvgIpc) is 3.01. The number of hydrogen-bond donors (Lipinski definition) is 6. The molecule has 0 radical (unpaired) electrons. The monoisotopic (exact) mass is 739 g/mol. The molecule has 0 spiro atoms. The van der Waals surface area contributed by atoms with E-state index in [1.807, 2.05) is 0 Å². The zero-order chi connectivity index (χ0) is 36.5. The number of aromatic amines is 1. The van der Waals surface area contributed by atoms with E-state index in [0.717, 1.165) is 25.1 Å². The summed E-state index contributed by atoms with van der Waals surface area (Å²) in [6, 6.07) is 14.0. The van der Waals surface area contributed by atoms with Gasteiger partial charge in [-0.2, -0.15) is 25.3 Å². The average molecular weight is 740 g/mol. The number of H-pyrrole nitrogens is 1. The van der Waals surface area contributed by atoms with Crippen LogP contribution in [0.5, 0.6) is 0 Å². The largest absolute Gasteiger partial charge is 0.354 e. The minimum absolute atomic E-state index is 0.00219. The molecule has 1 aliphatic rings. The van der Waals surface area contributed by atoms with Crippen LogP contribution in [0.25, 0.3) is 22.0 Å². The maximum Gasteiger partial charge on any atom is 0.296 e. The molecule has 0 saturated heterocycles. The van der Waals surface area contributed by atoms with Gasteiger partial charge < -0.3 is 15.6 Å². The number of rotatable bonds is 8. The SMILES string of the molecule is CC(=O)Nc1cc(Nc2ccc3[nH]c(=O)c(C(=O)c4cccc(S(=O)(=O)O)c4)c4c3c2C(=O)c2ccccc2-4)c(S(=O)(=O)O)cc1S(=O)(=O)O. The highest BCUT2D eigenvalue weighted by Gasteiger charge is 2.34. The Morgan fingerprint density at radius 1 is 0.680 bits per heavy atom. The number of pyridine rings is 1. The summed E-state index contributed by atoms with van der Waals surface area (Å²) in [4.78, 5) is 53.3. The normalized spacial score (nSPS) is 12.8. The molecule has 0 saturated carbocycles. The number of nitrogens with one attached hydrogen (secondary N) is 3. The lowest BCUT2D eigenvalue weighted by Gasteiger charge is -2.24. The predicted octanol–water partition coefficient (Wildman–Crippen LogP) is 3.41. The fourth-order valence-electron chi connectivity index (χ4n) is 5.71. The van der Waals surface area contributed by atoms with E-state index in [-0.39, 0.29) is 44.4 Å². The molecule has 50 heavy (non-hydrogen) atoms. The van der Waals surface area contributed by atoms with Crippen molar-refractivity contribution in [2.45, 2.75) is 21.6 Å². The molecule has 0 bridgehead atoms. The molecule has 0 unspecified atom stereocenters. The second-order valence-electron chi connectivity index (χ2n) is 10.9. The van der Waals surface area contributed by atoms with E-state index >= 15 is 0 Å². The molecule has 256 valence electrons. The summed E-state index contributed by atoms with van der Waals surface area (Å²) < 4.78 is 102. The van der Waals surface area contributed by atoms with Gasteiger partial charge in [0.2, 0.25) is 5.91 Å². The second-order valence-corrected chi connectivity index (χ2v) is 15.1. The van der Waals surface area contributed by atoms with Crippen molar-refractivity contribution in [3.8, 4) is 11.1 Å². The summed E-state index contributed by atoms with van der Waals surface area (Å²) >= 11 is 0. The van der Waals surface area contributed by atoms with Crippen molar-refractivity contribution < 1.29 is 53.3 Å². The Balaban J connectivity index is 1.67. The lowest BCUT2D eigenvalue weighted by atomic mass is 9.80. The van der Waals surface area contributed by atoms with E-state index in [2.05, 4.69) is 15.6 Å². The number of hydrogen-bond acceptors (Lipinski definition) is 11. The first-order valence-electron chi connectivity index (χ1n) is 13.9. The molecule has 1 aliphatic carbocycles. The summed E-state index contributed by atoms with van der Waals surface area (Å²) in [6.45, 7) is 1.00. The van der Waals surface area contributed by atoms with E-state index in [1.165, 1.54) is 48.5 Å². The Labute approximate surface area is 282 Å². The number of benzene rings is 4. The van der Waals surface area contributed by atoms with Crippen LogP contribution < -0.4 is 16.2 Å². The smallest absolute Gasteiger partial charge is 0.296 e. The van der Waals surface area contributed by atoms with Gasteiger partial charge in [0.05, 0.1) is 33.1 Å². The van der Waals surface area contributed by atoms with E-state index in [9.17, 15) is 58.1 Å². The number of ketones is 2. The summed E-state index contributed by atoms with van der Waals surface area (Å²) in [5.41, 5.74) is -3.11. The molecule has 5 aromatic rings. The molecule has 0 atom stereocenters. The van der Waals surface area contributed by atoms with Crippen molar-refractivity contribution in [3.05, 3.63) is 105 Å². The molecular formula is C31H21N3O13S3. The third-order valence-corrected chi connectivity index (χ3v) is 10.3. The van der Waals surface area contributed by atoms with Gasteiger partial charge in [-0.3, -0.25) is 32.8 Å². The summed E-state index contributed by atoms with van der Waals surface area (Å²) in [5, 5.41) is 4.81. The van der Waals surface area contributed by atoms with Gasteiger partial charge in [0.15, 0.2) is 11.6 Å². The van der Waals surface area contributed by atoms with Crippen molar-refractivity contribution in [2.75, 3.05) is 10.6 Å². The van der Waals surface area contributed by atoms with Crippen molar-refractivity contribution in [3.63, 3.8) is 0 Å². The van der Waals surface area contributed by atoms with Crippen LogP contribution in [0.3, 0.4) is 0 Å². The number of anilines is 3. The molecule has 19 heteroatoms. The van der Waals surface area contributed by atoms with Crippen LogP contribution in [0.1, 0.15) is 38.8 Å². The minimum atomic E-state index is -5.26. The number of fused-ring (bicyclic) bond motifs is 2. The Hall–Kier alpha value is -5.57. The van der Waals surface area contributed by atoms with Gasteiger partial charge >= 0.3 is 0 Å². The Kier molecular flexibility index (Phi) is 8.09. The quantitative estimate of drug-likeness (QED) is 0.0965. The first-order chi connectivity index (χ1) is 23.3. The van der Waals surface area contributed by atoms with Gasteiger partial charge in [-0.05, 0) is 42.0 Å². The Bertz CT molecular complexity index is 2770. The molecule has 6 rings (SSSR count). The third kappa shape index (κ3) is 5.97. The maximum absolute atomic E-state index is 14.1. The minimum Gasteiger partial charge on any atom is -0.354 e. The van der Waals surface area contributed by atoms with Gasteiger partial charge in [0.1, 0.15) is 9.79 Å². The molecule has 1 aromatic heterocycles. The number of amides is 1. The summed E-state index contributed by atoms with van der Waals surface area (Å²) in [6.07, 6.45) is 0. The van der Waals surface area contributed by atoms with Crippen molar-refractivity contribution >= 4 is 75.8 Å². The van der Waals surface area contributed by atoms with Crippen molar-refractivity contribution in [1.82, 2.24) is 4.98 Å². The van der Waals surface area contributed by atoms with Crippen LogP contribution in [0.15, 0.2) is 92.3 Å². The van der Waals surface area contributed by atoms with Gasteiger partial charge in [0.25, 0.3) is 35.9 Å². The fraction of sp³-hybridized carbons (Fsp3) is 0.0323. The van der Waals surface area contributed by atoms with Crippen LogP contribution in [0, 0.1) is 0 Å². The highest BCUT2D eigenvalue weighted by molar-refractivity contribution is 7.87. The molecule has 4 aromatic carbocycles. The van der Waals surface area contributed by atoms with E-state index in [0.29, 0.717) is 6.07 Å². The van der Waals surface area contributed by atoms with E-state index in [1.54, 1.807) is 0 Å². The molecular weight excluding hydrogens is 719 g/mol. The second kappa shape index (κ2) is 11.8. The zero-order valence-electron chi connectivity index (χ0n) is 25.1. The zero-order valence-corrected chi connectivity index (χ0v) is 27.5. The maximum atomic E-state index is 14.1. The number of carbonyl (C=O) groups excluding carboxylic acids is 3. The lowest BCUT2D eigenvalue weighted by molar-refractivity contribution is -0.114. The van der Waals surface area contributed by atoms with Crippen LogP contribution in [0.4, 0.5) is 17.1 Å². The Morgan fingerprint density at radius 2 is 1.32 bits per heavy atom. The molecule has 1 amide bonds. The van der Waals surface area contributed by atoms with Crippen LogP contribution in [-0.4, -0.2) is 61.4 Å². The molecule has 6 N–H and O–H groups in total. The first-order valence-corrected chi connectivity index (χ1v) is 18.3. The van der Waals surface area contributed by atoms with E-state index < -0.39 is 85.0 Å². The highest BCUT2D eigenvalue weighted by atomic mass is 32.2. The molecule has 1 heterocycles. The van der Waals surface area contributed by atoms with Gasteiger partial charge in [0, 0.05) is 34.5 Å². The van der Waals surface area contributed by atoms with Crippen molar-refractivity contribution in [2.24, 2.45) is 0 Å². The number of aromatic nitrogens is 1. The third-order valence-electron chi connectivity index (χ3n) is 7.69. The summed E-state index contributed by atoms with van der Waals surface area (Å²) in [5.74, 6) is -2.47. The molecule has 16 nitrogen and oxygen atoms in total. The van der Waals surface area contributed by atoms with Crippen LogP contribution in [0.2, 0.25) is 0 Å². The standard InChI is InChI=1S/C31H21N3O13S3/c1-14(35)32-21-12-22(24(50(45,46)47)13-23(21)49(42,43)44)33-20-10-9-19-26-25(17-7-2-3-8-18(17)30(37)27(20)26)28(31(38)34-19)29(36)15-5-4-6-16(11-15)48(39,40)41/h2-13,33H,1H3,(H,32,35)(H,34,38)(H,39,40,41)(H,42,43,44)(H,45,46,47). The van der Waals surface area contributed by atoms with Gasteiger partial charge in [-0.25, -0.2) is 0 Å². The van der Waals surface area contributed by atoms with Crippen LogP contribution >= 0.6 is 0 Å². The molecule has 0 fully saturated rings. The molecule has 0 aliphatic heterocycles. The van der Waals surface area contributed by atoms with Gasteiger partial charge in [-0.15, -0.1) is 0 Å². The van der Waals surface area contributed by atoms with Gasteiger partial charge in [-0.1, -0.05) is 36.4 Å². The highest BCUT2D eigenvalue weighted by Crippen LogP contribution is 2.44.